The number of hydrogen-bond acceptors (Lipinski definition) is 2. The molecule has 2 aromatic carbocycles. The monoisotopic (exact) mass is 275 g/mol. The van der Waals surface area contributed by atoms with Gasteiger partial charge in [0, 0.05) is 17.5 Å². The maximum absolute atomic E-state index is 6.02. The fourth-order valence-electron chi connectivity index (χ4n) is 2.01. The minimum Gasteiger partial charge on any atom is -0.494 e. The minimum absolute atomic E-state index is 0.252. The standard InChI is InChI=1S/C16H18ClNO/c1-18-16(13-6-5-7-14(17)12-13)10-11-19-15-8-3-2-4-9-15/h2-9,12,16,18H,10-11H2,1H3. The second-order valence-corrected chi connectivity index (χ2v) is 4.78. The number of benzene rings is 2. The van der Waals surface area contributed by atoms with E-state index < -0.39 is 0 Å². The van der Waals surface area contributed by atoms with Crippen molar-refractivity contribution >= 4 is 11.6 Å². The third-order valence-electron chi connectivity index (χ3n) is 3.02. The van der Waals surface area contributed by atoms with Gasteiger partial charge in [0.2, 0.25) is 0 Å². The molecule has 0 fully saturated rings. The molecule has 0 aliphatic rings. The van der Waals surface area contributed by atoms with Crippen molar-refractivity contribution in [3.8, 4) is 5.75 Å². The van der Waals surface area contributed by atoms with Gasteiger partial charge in [-0.1, -0.05) is 41.9 Å². The van der Waals surface area contributed by atoms with Crippen molar-refractivity contribution in [3.05, 3.63) is 65.2 Å². The zero-order chi connectivity index (χ0) is 13.5. The SMILES string of the molecule is CNC(CCOc1ccccc1)c1cccc(Cl)c1. The Bertz CT molecular complexity index is 501. The Hall–Kier alpha value is -1.51. The first kappa shape index (κ1) is 13.9. The van der Waals surface area contributed by atoms with E-state index in [0.29, 0.717) is 6.61 Å². The van der Waals surface area contributed by atoms with E-state index >= 15 is 0 Å². The van der Waals surface area contributed by atoms with Crippen molar-refractivity contribution in [3.63, 3.8) is 0 Å². The topological polar surface area (TPSA) is 21.3 Å². The van der Waals surface area contributed by atoms with Crippen LogP contribution in [0.4, 0.5) is 0 Å². The van der Waals surface area contributed by atoms with Crippen molar-refractivity contribution in [1.82, 2.24) is 5.32 Å². The maximum atomic E-state index is 6.02. The zero-order valence-corrected chi connectivity index (χ0v) is 11.7. The molecule has 100 valence electrons. The van der Waals surface area contributed by atoms with Gasteiger partial charge in [-0.3, -0.25) is 0 Å². The molecule has 2 nitrogen and oxygen atoms in total. The maximum Gasteiger partial charge on any atom is 0.119 e. The highest BCUT2D eigenvalue weighted by Gasteiger charge is 2.09. The van der Waals surface area contributed by atoms with Crippen LogP contribution in [-0.4, -0.2) is 13.7 Å². The van der Waals surface area contributed by atoms with E-state index in [9.17, 15) is 0 Å². The Morgan fingerprint density at radius 3 is 2.58 bits per heavy atom. The molecule has 0 heterocycles. The van der Waals surface area contributed by atoms with Crippen LogP contribution in [0.3, 0.4) is 0 Å². The number of halogens is 1. The number of para-hydroxylation sites is 1. The van der Waals surface area contributed by atoms with Crippen molar-refractivity contribution in [2.24, 2.45) is 0 Å². The van der Waals surface area contributed by atoms with Crippen LogP contribution in [0.25, 0.3) is 0 Å². The van der Waals surface area contributed by atoms with Gasteiger partial charge in [-0.15, -0.1) is 0 Å². The lowest BCUT2D eigenvalue weighted by atomic mass is 10.0. The smallest absolute Gasteiger partial charge is 0.119 e. The highest BCUT2D eigenvalue weighted by Crippen LogP contribution is 2.20. The Balaban J connectivity index is 1.89. The molecule has 0 aliphatic heterocycles. The molecule has 0 aromatic heterocycles. The van der Waals surface area contributed by atoms with Crippen LogP contribution in [0.15, 0.2) is 54.6 Å². The Morgan fingerprint density at radius 2 is 1.89 bits per heavy atom. The molecule has 2 aromatic rings. The molecular weight excluding hydrogens is 258 g/mol. The fourth-order valence-corrected chi connectivity index (χ4v) is 2.21. The van der Waals surface area contributed by atoms with Crippen molar-refractivity contribution in [1.29, 1.82) is 0 Å². The number of hydrogen-bond donors (Lipinski definition) is 1. The largest absolute Gasteiger partial charge is 0.494 e. The van der Waals surface area contributed by atoms with Crippen molar-refractivity contribution in [2.45, 2.75) is 12.5 Å². The predicted molar refractivity (Wildman–Crippen MR) is 79.8 cm³/mol. The van der Waals surface area contributed by atoms with Gasteiger partial charge in [0.15, 0.2) is 0 Å². The highest BCUT2D eigenvalue weighted by molar-refractivity contribution is 6.30. The predicted octanol–water partition coefficient (Wildman–Crippen LogP) is 4.07. The summed E-state index contributed by atoms with van der Waals surface area (Å²) >= 11 is 6.02. The molecule has 0 spiro atoms. The van der Waals surface area contributed by atoms with E-state index in [2.05, 4.69) is 11.4 Å². The molecule has 0 aliphatic carbocycles. The average molecular weight is 276 g/mol. The van der Waals surface area contributed by atoms with E-state index in [4.69, 9.17) is 16.3 Å². The minimum atomic E-state index is 0.252. The molecule has 0 saturated carbocycles. The molecule has 0 bridgehead atoms. The molecule has 1 unspecified atom stereocenters. The molecule has 0 radical (unpaired) electrons. The summed E-state index contributed by atoms with van der Waals surface area (Å²) in [6, 6.07) is 18.0. The molecule has 3 heteroatoms. The third kappa shape index (κ3) is 4.27. The first-order valence-electron chi connectivity index (χ1n) is 6.40. The zero-order valence-electron chi connectivity index (χ0n) is 11.0. The van der Waals surface area contributed by atoms with Crippen LogP contribution in [0.5, 0.6) is 5.75 Å². The Kier molecular flexibility index (Phi) is 5.25. The van der Waals surface area contributed by atoms with Gasteiger partial charge < -0.3 is 10.1 Å². The van der Waals surface area contributed by atoms with E-state index in [1.807, 2.05) is 55.6 Å². The van der Waals surface area contributed by atoms with E-state index in [0.717, 1.165) is 17.2 Å². The van der Waals surface area contributed by atoms with Crippen LogP contribution in [0, 0.1) is 0 Å². The lowest BCUT2D eigenvalue weighted by Gasteiger charge is -2.17. The van der Waals surface area contributed by atoms with Crippen LogP contribution in [0.1, 0.15) is 18.0 Å². The lowest BCUT2D eigenvalue weighted by Crippen LogP contribution is -2.19. The van der Waals surface area contributed by atoms with Crippen molar-refractivity contribution in [2.75, 3.05) is 13.7 Å². The second kappa shape index (κ2) is 7.17. The van der Waals surface area contributed by atoms with Crippen LogP contribution in [-0.2, 0) is 0 Å². The highest BCUT2D eigenvalue weighted by atomic mass is 35.5. The number of ether oxygens (including phenoxy) is 1. The third-order valence-corrected chi connectivity index (χ3v) is 3.25. The van der Waals surface area contributed by atoms with Crippen LogP contribution >= 0.6 is 11.6 Å². The summed E-state index contributed by atoms with van der Waals surface area (Å²) in [5.74, 6) is 0.906. The van der Waals surface area contributed by atoms with Crippen LogP contribution < -0.4 is 10.1 Å². The second-order valence-electron chi connectivity index (χ2n) is 4.35. The van der Waals surface area contributed by atoms with E-state index in [1.54, 1.807) is 0 Å². The molecule has 1 atom stereocenters. The Morgan fingerprint density at radius 1 is 1.11 bits per heavy atom. The van der Waals surface area contributed by atoms with Gasteiger partial charge in [0.05, 0.1) is 6.61 Å². The van der Waals surface area contributed by atoms with Gasteiger partial charge >= 0.3 is 0 Å². The Labute approximate surface area is 119 Å². The van der Waals surface area contributed by atoms with E-state index in [-0.39, 0.29) is 6.04 Å². The van der Waals surface area contributed by atoms with E-state index in [1.165, 1.54) is 5.56 Å². The quantitative estimate of drug-likeness (QED) is 0.858. The van der Waals surface area contributed by atoms with Crippen LogP contribution in [0.2, 0.25) is 5.02 Å². The molecule has 0 amide bonds. The molecule has 1 N–H and O–H groups in total. The number of nitrogens with one attached hydrogen (secondary N) is 1. The average Bonchev–Trinajstić information content (AvgIpc) is 2.45. The summed E-state index contributed by atoms with van der Waals surface area (Å²) in [4.78, 5) is 0. The molecule has 2 rings (SSSR count). The molecular formula is C16H18ClNO. The number of rotatable bonds is 6. The van der Waals surface area contributed by atoms with Gasteiger partial charge in [-0.05, 0) is 36.9 Å². The molecule has 0 saturated heterocycles. The first-order chi connectivity index (χ1) is 9.29. The summed E-state index contributed by atoms with van der Waals surface area (Å²) < 4.78 is 5.72. The van der Waals surface area contributed by atoms with Crippen molar-refractivity contribution < 1.29 is 4.74 Å². The summed E-state index contributed by atoms with van der Waals surface area (Å²) in [5.41, 5.74) is 1.19. The normalized spacial score (nSPS) is 12.1. The first-order valence-corrected chi connectivity index (χ1v) is 6.78. The van der Waals surface area contributed by atoms with Gasteiger partial charge in [-0.2, -0.15) is 0 Å². The van der Waals surface area contributed by atoms with Gasteiger partial charge in [0.25, 0.3) is 0 Å². The lowest BCUT2D eigenvalue weighted by molar-refractivity contribution is 0.290. The fraction of sp³-hybridized carbons (Fsp3) is 0.250. The summed E-state index contributed by atoms with van der Waals surface area (Å²) in [5, 5.41) is 4.06. The summed E-state index contributed by atoms with van der Waals surface area (Å²) in [6.07, 6.45) is 0.895. The summed E-state index contributed by atoms with van der Waals surface area (Å²) in [7, 11) is 1.95. The summed E-state index contributed by atoms with van der Waals surface area (Å²) in [6.45, 7) is 0.669. The van der Waals surface area contributed by atoms with Gasteiger partial charge in [0.1, 0.15) is 5.75 Å². The van der Waals surface area contributed by atoms with Gasteiger partial charge in [-0.25, -0.2) is 0 Å². The molecule has 19 heavy (non-hydrogen) atoms.